The number of halogens is 4. The van der Waals surface area contributed by atoms with Crippen molar-refractivity contribution in [1.29, 1.82) is 0 Å². The zero-order valence-corrected chi connectivity index (χ0v) is 14.1. The third kappa shape index (κ3) is 3.06. The summed E-state index contributed by atoms with van der Waals surface area (Å²) in [5.74, 6) is 0. The van der Waals surface area contributed by atoms with Gasteiger partial charge in [0, 0.05) is 20.5 Å². The number of rotatable bonds is 2. The lowest BCUT2D eigenvalue weighted by atomic mass is 10.0. The van der Waals surface area contributed by atoms with Crippen molar-refractivity contribution in [2.45, 2.75) is 19.5 Å². The number of benzene rings is 2. The molecule has 0 nitrogen and oxygen atoms in total. The summed E-state index contributed by atoms with van der Waals surface area (Å²) in [5, 5.41) is 1.07. The van der Waals surface area contributed by atoms with Crippen molar-refractivity contribution in [3.8, 4) is 0 Å². The van der Waals surface area contributed by atoms with Gasteiger partial charge in [-0.2, -0.15) is 13.2 Å². The second kappa shape index (κ2) is 5.70. The van der Waals surface area contributed by atoms with Crippen LogP contribution in [0, 0.1) is 6.92 Å². The van der Waals surface area contributed by atoms with E-state index < -0.39 is 11.7 Å². The van der Waals surface area contributed by atoms with E-state index in [-0.39, 0.29) is 6.42 Å². The van der Waals surface area contributed by atoms with E-state index >= 15 is 0 Å². The van der Waals surface area contributed by atoms with Gasteiger partial charge in [0.05, 0.1) is 5.56 Å². The molecule has 1 aromatic heterocycles. The maximum atomic E-state index is 13.3. The van der Waals surface area contributed by atoms with Gasteiger partial charge >= 0.3 is 6.18 Å². The molecule has 114 valence electrons. The van der Waals surface area contributed by atoms with Crippen LogP contribution in [0.4, 0.5) is 13.2 Å². The van der Waals surface area contributed by atoms with Crippen molar-refractivity contribution in [2.24, 2.45) is 0 Å². The number of hydrogen-bond acceptors (Lipinski definition) is 1. The van der Waals surface area contributed by atoms with E-state index in [2.05, 4.69) is 15.9 Å². The number of alkyl halides is 3. The number of hydrogen-bond donors (Lipinski definition) is 0. The van der Waals surface area contributed by atoms with E-state index in [1.807, 2.05) is 30.3 Å². The monoisotopic (exact) mass is 384 g/mol. The molecule has 3 rings (SSSR count). The SMILES string of the molecule is Cc1cc(C(F)(F)F)c(Cc2cc3ccccc3s2)cc1Br. The second-order valence-electron chi connectivity index (χ2n) is 5.18. The molecule has 0 unspecified atom stereocenters. The lowest BCUT2D eigenvalue weighted by Crippen LogP contribution is -2.10. The standard InChI is InChI=1S/C17H12BrF3S/c1-10-6-14(17(19,20)21)12(9-15(10)18)8-13-7-11-4-2-3-5-16(11)22-13/h2-7,9H,8H2,1H3. The van der Waals surface area contributed by atoms with E-state index in [1.54, 1.807) is 13.0 Å². The van der Waals surface area contributed by atoms with Crippen molar-refractivity contribution in [3.05, 3.63) is 68.5 Å². The maximum absolute atomic E-state index is 13.3. The number of fused-ring (bicyclic) bond motifs is 1. The fraction of sp³-hybridized carbons (Fsp3) is 0.176. The van der Waals surface area contributed by atoms with Crippen LogP contribution in [0.2, 0.25) is 0 Å². The molecule has 0 aliphatic heterocycles. The Morgan fingerprint density at radius 2 is 1.82 bits per heavy atom. The molecule has 0 radical (unpaired) electrons. The molecule has 0 aliphatic rings. The molecule has 1 heterocycles. The summed E-state index contributed by atoms with van der Waals surface area (Å²) >= 11 is 4.87. The maximum Gasteiger partial charge on any atom is 0.416 e. The van der Waals surface area contributed by atoms with E-state index in [0.717, 1.165) is 15.0 Å². The number of aryl methyl sites for hydroxylation is 1. The summed E-state index contributed by atoms with van der Waals surface area (Å²) in [7, 11) is 0. The van der Waals surface area contributed by atoms with Crippen LogP contribution in [0.1, 0.15) is 21.6 Å². The molecule has 22 heavy (non-hydrogen) atoms. The van der Waals surface area contributed by atoms with Gasteiger partial charge < -0.3 is 0 Å². The van der Waals surface area contributed by atoms with Gasteiger partial charge in [-0.15, -0.1) is 11.3 Å². The molecule has 0 saturated heterocycles. The molecule has 2 aromatic carbocycles. The average molecular weight is 385 g/mol. The Kier molecular flexibility index (Phi) is 4.03. The highest BCUT2D eigenvalue weighted by molar-refractivity contribution is 9.10. The molecule has 0 fully saturated rings. The zero-order valence-electron chi connectivity index (χ0n) is 11.7. The van der Waals surface area contributed by atoms with Crippen molar-refractivity contribution in [3.63, 3.8) is 0 Å². The van der Waals surface area contributed by atoms with Crippen LogP contribution >= 0.6 is 27.3 Å². The molecule has 5 heteroatoms. The van der Waals surface area contributed by atoms with Crippen LogP contribution in [0.3, 0.4) is 0 Å². The highest BCUT2D eigenvalue weighted by atomic mass is 79.9. The molecule has 0 amide bonds. The predicted octanol–water partition coefficient (Wildman–Crippen LogP) is 6.58. The average Bonchev–Trinajstić information content (AvgIpc) is 2.83. The first kappa shape index (κ1) is 15.6. The van der Waals surface area contributed by atoms with Crippen LogP contribution in [0.5, 0.6) is 0 Å². The second-order valence-corrected chi connectivity index (χ2v) is 7.21. The largest absolute Gasteiger partial charge is 0.416 e. The van der Waals surface area contributed by atoms with Gasteiger partial charge in [0.1, 0.15) is 0 Å². The molecule has 3 aromatic rings. The summed E-state index contributed by atoms with van der Waals surface area (Å²) < 4.78 is 41.6. The van der Waals surface area contributed by atoms with Gasteiger partial charge in [-0.25, -0.2) is 0 Å². The van der Waals surface area contributed by atoms with Crippen LogP contribution in [0.15, 0.2) is 46.9 Å². The molecular formula is C17H12BrF3S. The zero-order chi connectivity index (χ0) is 15.9. The molecular weight excluding hydrogens is 373 g/mol. The lowest BCUT2D eigenvalue weighted by Gasteiger charge is -2.14. The fourth-order valence-corrected chi connectivity index (χ4v) is 3.92. The first-order chi connectivity index (χ1) is 10.3. The van der Waals surface area contributed by atoms with Crippen LogP contribution < -0.4 is 0 Å². The van der Waals surface area contributed by atoms with Crippen LogP contribution in [-0.4, -0.2) is 0 Å². The quantitative estimate of drug-likeness (QED) is 0.467. The summed E-state index contributed by atoms with van der Waals surface area (Å²) in [6, 6.07) is 12.6. The first-order valence-electron chi connectivity index (χ1n) is 6.68. The lowest BCUT2D eigenvalue weighted by molar-refractivity contribution is -0.138. The topological polar surface area (TPSA) is 0 Å². The Hall–Kier alpha value is -1.33. The Labute approximate surface area is 138 Å². The number of thiophene rings is 1. The molecule has 0 saturated carbocycles. The van der Waals surface area contributed by atoms with E-state index in [9.17, 15) is 13.2 Å². The van der Waals surface area contributed by atoms with Gasteiger partial charge in [-0.05, 0) is 47.7 Å². The normalized spacial score (nSPS) is 12.0. The minimum absolute atomic E-state index is 0.285. The predicted molar refractivity (Wildman–Crippen MR) is 88.5 cm³/mol. The fourth-order valence-electron chi connectivity index (χ4n) is 2.44. The molecule has 0 spiro atoms. The smallest absolute Gasteiger partial charge is 0.166 e. The van der Waals surface area contributed by atoms with Crippen molar-refractivity contribution in [1.82, 2.24) is 0 Å². The molecule has 0 bridgehead atoms. The third-order valence-corrected chi connectivity index (χ3v) is 5.50. The summed E-state index contributed by atoms with van der Waals surface area (Å²) in [6.07, 6.45) is -4.05. The molecule has 0 N–H and O–H groups in total. The van der Waals surface area contributed by atoms with Crippen molar-refractivity contribution in [2.75, 3.05) is 0 Å². The third-order valence-electron chi connectivity index (χ3n) is 3.53. The minimum atomic E-state index is -4.34. The van der Waals surface area contributed by atoms with Crippen LogP contribution in [0.25, 0.3) is 10.1 Å². The highest BCUT2D eigenvalue weighted by Gasteiger charge is 2.33. The Bertz CT molecular complexity index is 801. The summed E-state index contributed by atoms with van der Waals surface area (Å²) in [6.45, 7) is 1.67. The summed E-state index contributed by atoms with van der Waals surface area (Å²) in [4.78, 5) is 0.933. The Balaban J connectivity index is 2.05. The van der Waals surface area contributed by atoms with Gasteiger partial charge in [0.2, 0.25) is 0 Å². The van der Waals surface area contributed by atoms with Crippen molar-refractivity contribution < 1.29 is 13.2 Å². The molecule has 0 atom stereocenters. The van der Waals surface area contributed by atoms with Gasteiger partial charge in [0.15, 0.2) is 0 Å². The minimum Gasteiger partial charge on any atom is -0.166 e. The van der Waals surface area contributed by atoms with E-state index in [1.165, 1.54) is 17.4 Å². The highest BCUT2D eigenvalue weighted by Crippen LogP contribution is 2.37. The first-order valence-corrected chi connectivity index (χ1v) is 8.29. The van der Waals surface area contributed by atoms with Crippen molar-refractivity contribution >= 4 is 37.4 Å². The van der Waals surface area contributed by atoms with Gasteiger partial charge in [-0.1, -0.05) is 34.1 Å². The van der Waals surface area contributed by atoms with Gasteiger partial charge in [-0.3, -0.25) is 0 Å². The van der Waals surface area contributed by atoms with E-state index in [0.29, 0.717) is 15.6 Å². The van der Waals surface area contributed by atoms with Crippen LogP contribution in [-0.2, 0) is 12.6 Å². The van der Waals surface area contributed by atoms with Gasteiger partial charge in [0.25, 0.3) is 0 Å². The molecule has 0 aliphatic carbocycles. The Morgan fingerprint density at radius 3 is 2.50 bits per heavy atom. The van der Waals surface area contributed by atoms with E-state index in [4.69, 9.17) is 0 Å². The summed E-state index contributed by atoms with van der Waals surface area (Å²) in [5.41, 5.74) is 0.342. The Morgan fingerprint density at radius 1 is 1.09 bits per heavy atom.